The maximum atomic E-state index is 12.6. The number of thioether (sulfide) groups is 1. The summed E-state index contributed by atoms with van der Waals surface area (Å²) in [5.74, 6) is 0.742. The van der Waals surface area contributed by atoms with Crippen LogP contribution in [-0.4, -0.2) is 29.0 Å². The Morgan fingerprint density at radius 3 is 2.30 bits per heavy atom. The summed E-state index contributed by atoms with van der Waals surface area (Å²) in [6.07, 6.45) is 0. The number of carbonyl (C=O) groups excluding carboxylic acids is 2. The first kappa shape index (κ1) is 14.9. The number of rotatable bonds is 5. The first-order chi connectivity index (χ1) is 9.56. The maximum Gasteiger partial charge on any atom is 0.267 e. The highest BCUT2D eigenvalue weighted by molar-refractivity contribution is 8.04. The normalized spacial score (nSPS) is 15.7. The number of hydrogen-bond donors (Lipinski definition) is 0. The molecule has 1 aliphatic heterocycles. The van der Waals surface area contributed by atoms with Crippen molar-refractivity contribution in [3.05, 3.63) is 40.8 Å². The predicted molar refractivity (Wildman–Crippen MR) is 83.1 cm³/mol. The third-order valence-electron chi connectivity index (χ3n) is 3.02. The van der Waals surface area contributed by atoms with E-state index in [4.69, 9.17) is 0 Å². The van der Waals surface area contributed by atoms with Crippen LogP contribution < -0.4 is 0 Å². The van der Waals surface area contributed by atoms with Gasteiger partial charge in [0, 0.05) is 6.54 Å². The Balaban J connectivity index is 2.43. The molecular weight excluding hydrogens is 270 g/mol. The molecule has 0 fully saturated rings. The number of carbonyl (C=O) groups is 2. The molecule has 0 atom stereocenters. The van der Waals surface area contributed by atoms with Gasteiger partial charge in [-0.05, 0) is 17.2 Å². The predicted octanol–water partition coefficient (Wildman–Crippen LogP) is 3.18. The second kappa shape index (κ2) is 6.27. The van der Waals surface area contributed by atoms with Crippen molar-refractivity contribution in [3.63, 3.8) is 0 Å². The summed E-state index contributed by atoms with van der Waals surface area (Å²) in [4.78, 5) is 27.0. The quantitative estimate of drug-likeness (QED) is 0.781. The van der Waals surface area contributed by atoms with Gasteiger partial charge in [-0.2, -0.15) is 0 Å². The third kappa shape index (κ3) is 2.80. The highest BCUT2D eigenvalue weighted by Crippen LogP contribution is 2.36. The summed E-state index contributed by atoms with van der Waals surface area (Å²) in [7, 11) is 0. The van der Waals surface area contributed by atoms with Gasteiger partial charge in [0.15, 0.2) is 0 Å². The molecule has 2 amide bonds. The Morgan fingerprint density at radius 1 is 1.10 bits per heavy atom. The lowest BCUT2D eigenvalue weighted by molar-refractivity contribution is -0.137. The van der Waals surface area contributed by atoms with E-state index >= 15 is 0 Å². The van der Waals surface area contributed by atoms with Crippen molar-refractivity contribution in [2.75, 3.05) is 12.3 Å². The van der Waals surface area contributed by atoms with Gasteiger partial charge in [0.1, 0.15) is 0 Å². The van der Waals surface area contributed by atoms with Crippen LogP contribution in [0.1, 0.15) is 26.3 Å². The second-order valence-corrected chi connectivity index (χ2v) is 6.39. The molecular formula is C16H19NO2S. The molecule has 0 N–H and O–H groups in total. The summed E-state index contributed by atoms with van der Waals surface area (Å²) >= 11 is 1.45. The molecule has 4 heteroatoms. The smallest absolute Gasteiger partial charge is 0.267 e. The van der Waals surface area contributed by atoms with Gasteiger partial charge in [-0.25, -0.2) is 0 Å². The van der Waals surface area contributed by atoms with E-state index in [2.05, 4.69) is 0 Å². The zero-order valence-electron chi connectivity index (χ0n) is 12.1. The summed E-state index contributed by atoms with van der Waals surface area (Å²) in [5, 5.41) is 0. The fraction of sp³-hybridized carbons (Fsp3) is 0.375. The highest BCUT2D eigenvalue weighted by atomic mass is 32.2. The monoisotopic (exact) mass is 289 g/mol. The molecule has 20 heavy (non-hydrogen) atoms. The van der Waals surface area contributed by atoms with Gasteiger partial charge >= 0.3 is 0 Å². The fourth-order valence-electron chi connectivity index (χ4n) is 2.22. The lowest BCUT2D eigenvalue weighted by Crippen LogP contribution is -2.34. The standard InChI is InChI=1S/C16H19NO2S/c1-4-20-14-13(12-8-6-5-7-9-12)15(18)17(16(14)19)10-11(2)3/h5-9,11H,4,10H2,1-3H3. The van der Waals surface area contributed by atoms with Crippen LogP contribution in [0, 0.1) is 5.92 Å². The summed E-state index contributed by atoms with van der Waals surface area (Å²) in [6, 6.07) is 9.45. The van der Waals surface area contributed by atoms with Crippen LogP contribution in [0.25, 0.3) is 5.57 Å². The zero-order chi connectivity index (χ0) is 14.7. The zero-order valence-corrected chi connectivity index (χ0v) is 12.9. The molecule has 1 aromatic carbocycles. The van der Waals surface area contributed by atoms with Crippen LogP contribution in [-0.2, 0) is 9.59 Å². The van der Waals surface area contributed by atoms with Crippen LogP contribution in [0.15, 0.2) is 35.2 Å². The molecule has 0 spiro atoms. The molecule has 3 nitrogen and oxygen atoms in total. The molecule has 0 aliphatic carbocycles. The molecule has 1 heterocycles. The Kier molecular flexibility index (Phi) is 4.65. The van der Waals surface area contributed by atoms with E-state index in [0.717, 1.165) is 11.3 Å². The molecule has 0 bridgehead atoms. The molecule has 0 saturated carbocycles. The summed E-state index contributed by atoms with van der Waals surface area (Å²) in [5.41, 5.74) is 1.39. The number of nitrogens with zero attached hydrogens (tertiary/aromatic N) is 1. The van der Waals surface area contributed by atoms with Crippen LogP contribution in [0.4, 0.5) is 0 Å². The average molecular weight is 289 g/mol. The van der Waals surface area contributed by atoms with Gasteiger partial charge in [-0.1, -0.05) is 51.1 Å². The highest BCUT2D eigenvalue weighted by Gasteiger charge is 2.38. The number of hydrogen-bond acceptors (Lipinski definition) is 3. The molecule has 0 saturated heterocycles. The first-order valence-corrected chi connectivity index (χ1v) is 7.83. The molecule has 1 aromatic rings. The molecule has 1 aliphatic rings. The SMILES string of the molecule is CCSC1=C(c2ccccc2)C(=O)N(CC(C)C)C1=O. The van der Waals surface area contributed by atoms with Crippen molar-refractivity contribution in [3.8, 4) is 0 Å². The van der Waals surface area contributed by atoms with Crippen molar-refractivity contribution in [1.29, 1.82) is 0 Å². The number of benzene rings is 1. The fourth-order valence-corrected chi connectivity index (χ4v) is 3.09. The van der Waals surface area contributed by atoms with Gasteiger partial charge in [0.05, 0.1) is 10.5 Å². The van der Waals surface area contributed by atoms with Gasteiger partial charge in [0.25, 0.3) is 11.8 Å². The van der Waals surface area contributed by atoms with Gasteiger partial charge in [0.2, 0.25) is 0 Å². The lowest BCUT2D eigenvalue weighted by atomic mass is 10.1. The first-order valence-electron chi connectivity index (χ1n) is 6.85. The van der Waals surface area contributed by atoms with Crippen molar-refractivity contribution in [1.82, 2.24) is 4.90 Å². The van der Waals surface area contributed by atoms with Gasteiger partial charge in [-0.3, -0.25) is 14.5 Å². The Morgan fingerprint density at radius 2 is 1.75 bits per heavy atom. The van der Waals surface area contributed by atoms with Crippen LogP contribution in [0.2, 0.25) is 0 Å². The topological polar surface area (TPSA) is 37.4 Å². The molecule has 2 rings (SSSR count). The third-order valence-corrected chi connectivity index (χ3v) is 3.98. The summed E-state index contributed by atoms with van der Waals surface area (Å²) in [6.45, 7) is 6.48. The minimum Gasteiger partial charge on any atom is -0.274 e. The Labute approximate surface area is 124 Å². The Hall–Kier alpha value is -1.55. The average Bonchev–Trinajstić information content (AvgIpc) is 2.65. The van der Waals surface area contributed by atoms with E-state index in [1.54, 1.807) is 0 Å². The van der Waals surface area contributed by atoms with Crippen molar-refractivity contribution >= 4 is 29.1 Å². The second-order valence-electron chi connectivity index (χ2n) is 5.12. The van der Waals surface area contributed by atoms with Crippen LogP contribution >= 0.6 is 11.8 Å². The van der Waals surface area contributed by atoms with Crippen molar-refractivity contribution in [2.24, 2.45) is 5.92 Å². The van der Waals surface area contributed by atoms with E-state index < -0.39 is 0 Å². The van der Waals surface area contributed by atoms with Crippen LogP contribution in [0.5, 0.6) is 0 Å². The minimum atomic E-state index is -0.161. The van der Waals surface area contributed by atoms with Crippen molar-refractivity contribution in [2.45, 2.75) is 20.8 Å². The molecule has 0 unspecified atom stereocenters. The number of imide groups is 1. The van der Waals surface area contributed by atoms with Gasteiger partial charge < -0.3 is 0 Å². The van der Waals surface area contributed by atoms with Crippen molar-refractivity contribution < 1.29 is 9.59 Å². The van der Waals surface area contributed by atoms with E-state index in [0.29, 0.717) is 17.0 Å². The minimum absolute atomic E-state index is 0.144. The molecule has 0 aromatic heterocycles. The molecule has 106 valence electrons. The van der Waals surface area contributed by atoms with Crippen LogP contribution in [0.3, 0.4) is 0 Å². The number of amides is 2. The molecule has 0 radical (unpaired) electrons. The Bertz CT molecular complexity index is 549. The maximum absolute atomic E-state index is 12.6. The largest absolute Gasteiger partial charge is 0.274 e. The van der Waals surface area contributed by atoms with E-state index in [-0.39, 0.29) is 17.7 Å². The van der Waals surface area contributed by atoms with Gasteiger partial charge in [-0.15, -0.1) is 11.8 Å². The van der Waals surface area contributed by atoms with E-state index in [9.17, 15) is 9.59 Å². The summed E-state index contributed by atoms with van der Waals surface area (Å²) < 4.78 is 0. The van der Waals surface area contributed by atoms with E-state index in [1.807, 2.05) is 51.1 Å². The van der Waals surface area contributed by atoms with E-state index in [1.165, 1.54) is 16.7 Å². The lowest BCUT2D eigenvalue weighted by Gasteiger charge is -2.17.